The van der Waals surface area contributed by atoms with Gasteiger partial charge in [0, 0.05) is 11.3 Å². The van der Waals surface area contributed by atoms with Gasteiger partial charge in [0.1, 0.15) is 12.6 Å². The van der Waals surface area contributed by atoms with Crippen LogP contribution in [0.1, 0.15) is 50.7 Å². The van der Waals surface area contributed by atoms with Crippen LogP contribution in [0.5, 0.6) is 0 Å². The zero-order chi connectivity index (χ0) is 25.5. The number of halogens is 1. The Hall–Kier alpha value is -1.61. The van der Waals surface area contributed by atoms with Gasteiger partial charge in [-0.15, -0.1) is 0 Å². The SMILES string of the molecule is CN1CCC[C@H]1C=O.CNCc1ccc(C)cc1.CN[C@H](C=O)C(C)(C)S.O=CC1(F)CC1. The second-order valence-electron chi connectivity index (χ2n) is 9.05. The zero-order valence-electron chi connectivity index (χ0n) is 20.9. The molecule has 0 aromatic heterocycles. The van der Waals surface area contributed by atoms with E-state index in [1.807, 2.05) is 27.9 Å². The molecule has 1 aromatic rings. The predicted octanol–water partition coefficient (Wildman–Crippen LogP) is 3.16. The van der Waals surface area contributed by atoms with Crippen LogP contribution in [0.15, 0.2) is 24.3 Å². The summed E-state index contributed by atoms with van der Waals surface area (Å²) in [6, 6.07) is 8.60. The number of likely N-dealkylation sites (N-methyl/N-ethyl adjacent to an activating group) is 2. The van der Waals surface area contributed by atoms with E-state index >= 15 is 0 Å². The van der Waals surface area contributed by atoms with Crippen molar-refractivity contribution >= 4 is 31.5 Å². The van der Waals surface area contributed by atoms with E-state index in [-0.39, 0.29) is 16.8 Å². The van der Waals surface area contributed by atoms with E-state index in [1.54, 1.807) is 7.05 Å². The highest BCUT2D eigenvalue weighted by atomic mass is 32.1. The number of carbonyl (C=O) groups is 3. The summed E-state index contributed by atoms with van der Waals surface area (Å²) in [6.07, 6.45) is 5.40. The topological polar surface area (TPSA) is 78.5 Å². The summed E-state index contributed by atoms with van der Waals surface area (Å²) in [6.45, 7) is 7.93. The van der Waals surface area contributed by atoms with Crippen LogP contribution in [-0.4, -0.2) is 73.9 Å². The molecule has 1 aliphatic heterocycles. The number of nitrogens with zero attached hydrogens (tertiary/aromatic N) is 1. The Labute approximate surface area is 204 Å². The number of likely N-dealkylation sites (tertiary alicyclic amines) is 1. The first-order valence-corrected chi connectivity index (χ1v) is 11.8. The quantitative estimate of drug-likeness (QED) is 0.409. The standard InChI is InChI=1S/C9H13N.C6H13NOS.C6H11NO.C4H5FO/c1-8-3-5-9(6-4-8)7-10-2;1-6(2,9)5(4-8)7-3;1-7-4-2-3-6(7)5-8;5-4(3-6)1-2-4/h3-6,10H,7H2,1-2H3;4-5,7,9H,1-3H3;5-6H,2-4H2,1H3;3H,1-2H2/t;5-;6-;/m.10./s1. The van der Waals surface area contributed by atoms with E-state index in [0.29, 0.717) is 19.1 Å². The molecule has 1 saturated carbocycles. The Kier molecular flexibility index (Phi) is 15.3. The molecule has 1 aromatic carbocycles. The summed E-state index contributed by atoms with van der Waals surface area (Å²) in [5, 5.41) is 5.95. The third kappa shape index (κ3) is 14.3. The Balaban J connectivity index is 0.000000419. The van der Waals surface area contributed by atoms with Crippen LogP contribution in [0.3, 0.4) is 0 Å². The van der Waals surface area contributed by atoms with Crippen LogP contribution in [0.25, 0.3) is 0 Å². The number of hydrogen-bond donors (Lipinski definition) is 3. The highest BCUT2D eigenvalue weighted by molar-refractivity contribution is 7.81. The van der Waals surface area contributed by atoms with Gasteiger partial charge in [-0.25, -0.2) is 4.39 Å². The summed E-state index contributed by atoms with van der Waals surface area (Å²) < 4.78 is 11.6. The number of thiol groups is 1. The first-order valence-electron chi connectivity index (χ1n) is 11.3. The van der Waals surface area contributed by atoms with Crippen molar-refractivity contribution in [1.29, 1.82) is 0 Å². The maximum atomic E-state index is 11.9. The van der Waals surface area contributed by atoms with Crippen molar-refractivity contribution in [2.75, 3.05) is 27.7 Å². The monoisotopic (exact) mass is 483 g/mol. The van der Waals surface area contributed by atoms with Gasteiger partial charge in [-0.3, -0.25) is 9.69 Å². The molecule has 2 N–H and O–H groups in total. The number of rotatable bonds is 7. The number of aldehydes is 3. The molecule has 6 nitrogen and oxygen atoms in total. The van der Waals surface area contributed by atoms with E-state index in [0.717, 1.165) is 32.1 Å². The van der Waals surface area contributed by atoms with Gasteiger partial charge in [-0.05, 0) is 79.7 Å². The summed E-state index contributed by atoms with van der Waals surface area (Å²) in [7, 11) is 5.70. The largest absolute Gasteiger partial charge is 0.316 e. The van der Waals surface area contributed by atoms with Crippen LogP contribution in [0, 0.1) is 6.92 Å². The highest BCUT2D eigenvalue weighted by Crippen LogP contribution is 2.36. The predicted molar refractivity (Wildman–Crippen MR) is 137 cm³/mol. The smallest absolute Gasteiger partial charge is 0.166 e. The van der Waals surface area contributed by atoms with Gasteiger partial charge in [-0.1, -0.05) is 29.8 Å². The van der Waals surface area contributed by atoms with Crippen molar-refractivity contribution in [1.82, 2.24) is 15.5 Å². The van der Waals surface area contributed by atoms with Gasteiger partial charge < -0.3 is 20.2 Å². The molecule has 0 amide bonds. The van der Waals surface area contributed by atoms with Crippen molar-refractivity contribution < 1.29 is 18.8 Å². The molecule has 0 radical (unpaired) electrons. The first kappa shape index (κ1) is 31.4. The Morgan fingerprint density at radius 3 is 2.00 bits per heavy atom. The Morgan fingerprint density at radius 1 is 1.21 bits per heavy atom. The fourth-order valence-electron chi connectivity index (χ4n) is 2.84. The molecular weight excluding hydrogens is 441 g/mol. The van der Waals surface area contributed by atoms with Crippen LogP contribution in [0.2, 0.25) is 0 Å². The molecule has 8 heteroatoms. The molecule has 0 unspecified atom stereocenters. The van der Waals surface area contributed by atoms with E-state index in [1.165, 1.54) is 17.5 Å². The number of hydrogen-bond acceptors (Lipinski definition) is 7. The molecule has 2 fully saturated rings. The van der Waals surface area contributed by atoms with Gasteiger partial charge in [0.25, 0.3) is 0 Å². The fourth-order valence-corrected chi connectivity index (χ4v) is 3.03. The summed E-state index contributed by atoms with van der Waals surface area (Å²) in [5.74, 6) is 0. The third-order valence-electron chi connectivity index (χ3n) is 5.38. The van der Waals surface area contributed by atoms with Crippen LogP contribution < -0.4 is 10.6 Å². The minimum Gasteiger partial charge on any atom is -0.316 e. The number of benzene rings is 1. The van der Waals surface area contributed by atoms with Gasteiger partial charge in [0.05, 0.1) is 12.1 Å². The maximum Gasteiger partial charge on any atom is 0.166 e. The van der Waals surface area contributed by atoms with E-state index in [2.05, 4.69) is 59.4 Å². The molecule has 0 spiro atoms. The van der Waals surface area contributed by atoms with Crippen LogP contribution in [0.4, 0.5) is 4.39 Å². The lowest BCUT2D eigenvalue weighted by Gasteiger charge is -2.23. The third-order valence-corrected chi connectivity index (χ3v) is 5.66. The molecule has 0 bridgehead atoms. The van der Waals surface area contributed by atoms with Crippen LogP contribution >= 0.6 is 12.6 Å². The number of alkyl halides is 1. The summed E-state index contributed by atoms with van der Waals surface area (Å²) in [4.78, 5) is 32.1. The summed E-state index contributed by atoms with van der Waals surface area (Å²) in [5.41, 5.74) is 1.27. The molecule has 1 heterocycles. The Morgan fingerprint density at radius 2 is 1.79 bits per heavy atom. The van der Waals surface area contributed by atoms with E-state index < -0.39 is 5.67 Å². The van der Waals surface area contributed by atoms with Crippen molar-refractivity contribution in [2.24, 2.45) is 0 Å². The maximum absolute atomic E-state index is 11.9. The minimum atomic E-state index is -1.39. The lowest BCUT2D eigenvalue weighted by Crippen LogP contribution is -2.42. The van der Waals surface area contributed by atoms with Crippen molar-refractivity contribution in [2.45, 2.75) is 75.5 Å². The van der Waals surface area contributed by atoms with Gasteiger partial charge >= 0.3 is 0 Å². The second-order valence-corrected chi connectivity index (χ2v) is 10.2. The van der Waals surface area contributed by atoms with Crippen molar-refractivity contribution in [3.8, 4) is 0 Å². The number of carbonyl (C=O) groups excluding carboxylic acids is 3. The Bertz CT molecular complexity index is 691. The molecule has 1 aliphatic carbocycles. The molecule has 2 atom stereocenters. The molecule has 2 aliphatic rings. The van der Waals surface area contributed by atoms with Gasteiger partial charge in [0.2, 0.25) is 0 Å². The molecular formula is C25H42FN3O3S. The highest BCUT2D eigenvalue weighted by Gasteiger charge is 2.42. The van der Waals surface area contributed by atoms with Gasteiger partial charge in [-0.2, -0.15) is 12.6 Å². The molecule has 188 valence electrons. The fraction of sp³-hybridized carbons (Fsp3) is 0.640. The average Bonchev–Trinajstić information content (AvgIpc) is 3.38. The first-order chi connectivity index (χ1) is 15.5. The molecule has 33 heavy (non-hydrogen) atoms. The van der Waals surface area contributed by atoms with Crippen LogP contribution in [-0.2, 0) is 20.9 Å². The minimum absolute atomic E-state index is 0.166. The molecule has 3 rings (SSSR count). The average molecular weight is 484 g/mol. The molecule has 1 saturated heterocycles. The van der Waals surface area contributed by atoms with Crippen molar-refractivity contribution in [3.63, 3.8) is 0 Å². The summed E-state index contributed by atoms with van der Waals surface area (Å²) >= 11 is 4.22. The van der Waals surface area contributed by atoms with Gasteiger partial charge in [0.15, 0.2) is 12.0 Å². The second kappa shape index (κ2) is 16.1. The van der Waals surface area contributed by atoms with E-state index in [4.69, 9.17) is 0 Å². The number of aryl methyl sites for hydroxylation is 1. The van der Waals surface area contributed by atoms with Crippen molar-refractivity contribution in [3.05, 3.63) is 35.4 Å². The van der Waals surface area contributed by atoms with E-state index in [9.17, 15) is 18.8 Å². The lowest BCUT2D eigenvalue weighted by atomic mass is 10.1. The number of nitrogens with one attached hydrogen (secondary N) is 2. The zero-order valence-corrected chi connectivity index (χ0v) is 21.8. The lowest BCUT2D eigenvalue weighted by molar-refractivity contribution is -0.113. The normalized spacial score (nSPS) is 19.3.